The highest BCUT2D eigenvalue weighted by Crippen LogP contribution is 2.35. The number of aryl methyl sites for hydroxylation is 1. The third kappa shape index (κ3) is 4.20. The SMILES string of the molecule is CC(=O)c1ccccc1-c1ccc(C=C2OC(=O)C(c3cc(Cl)cc(Cl)c3)=C2O)cc1C. The number of benzene rings is 3. The molecule has 0 aromatic heterocycles. The molecule has 4 nitrogen and oxygen atoms in total. The minimum absolute atomic E-state index is 0.00405. The third-order valence-corrected chi connectivity index (χ3v) is 5.61. The number of carbonyl (C=O) groups is 2. The summed E-state index contributed by atoms with van der Waals surface area (Å²) in [6, 6.07) is 17.7. The van der Waals surface area contributed by atoms with Gasteiger partial charge in [-0.2, -0.15) is 0 Å². The first kappa shape index (κ1) is 21.9. The molecule has 0 unspecified atom stereocenters. The molecule has 0 saturated heterocycles. The summed E-state index contributed by atoms with van der Waals surface area (Å²) in [6.07, 6.45) is 1.58. The van der Waals surface area contributed by atoms with Gasteiger partial charge in [0.2, 0.25) is 0 Å². The number of halogens is 2. The molecular weight excluding hydrogens is 447 g/mol. The molecule has 3 aromatic rings. The normalized spacial score (nSPS) is 14.8. The summed E-state index contributed by atoms with van der Waals surface area (Å²) in [5.41, 5.74) is 4.47. The first-order valence-electron chi connectivity index (χ1n) is 9.79. The molecule has 0 atom stereocenters. The van der Waals surface area contributed by atoms with E-state index in [2.05, 4.69) is 0 Å². The summed E-state index contributed by atoms with van der Waals surface area (Å²) in [6.45, 7) is 3.48. The lowest BCUT2D eigenvalue weighted by Crippen LogP contribution is -1.98. The quantitative estimate of drug-likeness (QED) is 0.332. The number of aliphatic hydroxyl groups excluding tert-OH is 1. The lowest BCUT2D eigenvalue weighted by molar-refractivity contribution is -0.131. The molecule has 32 heavy (non-hydrogen) atoms. The van der Waals surface area contributed by atoms with Gasteiger partial charge in [-0.3, -0.25) is 4.79 Å². The summed E-state index contributed by atoms with van der Waals surface area (Å²) in [5.74, 6) is -0.932. The molecule has 1 heterocycles. The summed E-state index contributed by atoms with van der Waals surface area (Å²) >= 11 is 12.1. The van der Waals surface area contributed by atoms with Crippen LogP contribution in [0.5, 0.6) is 0 Å². The molecule has 0 amide bonds. The number of cyclic esters (lactones) is 1. The second kappa shape index (κ2) is 8.65. The summed E-state index contributed by atoms with van der Waals surface area (Å²) in [5, 5.41) is 11.3. The Morgan fingerprint density at radius 1 is 0.969 bits per heavy atom. The average Bonchev–Trinajstić information content (AvgIpc) is 3.00. The van der Waals surface area contributed by atoms with Crippen molar-refractivity contribution in [3.8, 4) is 11.1 Å². The van der Waals surface area contributed by atoms with Gasteiger partial charge in [0.25, 0.3) is 0 Å². The molecule has 6 heteroatoms. The Kier molecular flexibility index (Phi) is 5.92. The summed E-state index contributed by atoms with van der Waals surface area (Å²) in [4.78, 5) is 24.4. The molecule has 1 N–H and O–H groups in total. The van der Waals surface area contributed by atoms with E-state index < -0.39 is 5.97 Å². The largest absolute Gasteiger partial charge is 0.504 e. The van der Waals surface area contributed by atoms with Crippen molar-refractivity contribution >= 4 is 46.6 Å². The highest BCUT2D eigenvalue weighted by molar-refractivity contribution is 6.35. The molecule has 3 aromatic carbocycles. The molecule has 0 aliphatic carbocycles. The molecule has 1 aliphatic heterocycles. The summed E-state index contributed by atoms with van der Waals surface area (Å²) in [7, 11) is 0. The Labute approximate surface area is 195 Å². The number of rotatable bonds is 4. The van der Waals surface area contributed by atoms with Crippen LogP contribution < -0.4 is 0 Å². The molecule has 0 fully saturated rings. The van der Waals surface area contributed by atoms with Gasteiger partial charge in [-0.1, -0.05) is 65.7 Å². The number of carbonyl (C=O) groups excluding carboxylic acids is 2. The fourth-order valence-corrected chi connectivity index (χ4v) is 4.25. The van der Waals surface area contributed by atoms with E-state index in [0.29, 0.717) is 21.2 Å². The highest BCUT2D eigenvalue weighted by Gasteiger charge is 2.31. The second-order valence-electron chi connectivity index (χ2n) is 7.46. The van der Waals surface area contributed by atoms with E-state index in [0.717, 1.165) is 22.3 Å². The van der Waals surface area contributed by atoms with Crippen LogP contribution in [0, 0.1) is 6.92 Å². The van der Waals surface area contributed by atoms with Crippen molar-refractivity contribution in [2.45, 2.75) is 13.8 Å². The Morgan fingerprint density at radius 2 is 1.66 bits per heavy atom. The lowest BCUT2D eigenvalue weighted by Gasteiger charge is -2.11. The number of aliphatic hydroxyl groups is 1. The first-order valence-corrected chi connectivity index (χ1v) is 10.5. The predicted molar refractivity (Wildman–Crippen MR) is 127 cm³/mol. The average molecular weight is 465 g/mol. The van der Waals surface area contributed by atoms with Crippen LogP contribution in [0.15, 0.2) is 72.2 Å². The Bertz CT molecular complexity index is 1320. The van der Waals surface area contributed by atoms with Crippen LogP contribution in [0.1, 0.15) is 34.0 Å². The van der Waals surface area contributed by atoms with Gasteiger partial charge in [-0.25, -0.2) is 4.79 Å². The van der Waals surface area contributed by atoms with Gasteiger partial charge < -0.3 is 9.84 Å². The minimum atomic E-state index is -0.684. The van der Waals surface area contributed by atoms with E-state index in [-0.39, 0.29) is 22.9 Å². The zero-order chi connectivity index (χ0) is 23.0. The Balaban J connectivity index is 1.72. The van der Waals surface area contributed by atoms with E-state index in [1.165, 1.54) is 18.2 Å². The van der Waals surface area contributed by atoms with Gasteiger partial charge in [0.05, 0.1) is 0 Å². The zero-order valence-electron chi connectivity index (χ0n) is 17.3. The lowest BCUT2D eigenvalue weighted by atomic mass is 9.93. The molecule has 0 radical (unpaired) electrons. The number of esters is 1. The molecule has 0 saturated carbocycles. The van der Waals surface area contributed by atoms with Crippen LogP contribution >= 0.6 is 23.2 Å². The van der Waals surface area contributed by atoms with Crippen LogP contribution in [-0.2, 0) is 9.53 Å². The van der Waals surface area contributed by atoms with Crippen LogP contribution in [0.4, 0.5) is 0 Å². The van der Waals surface area contributed by atoms with E-state index in [9.17, 15) is 14.7 Å². The van der Waals surface area contributed by atoms with Gasteiger partial charge in [0, 0.05) is 15.6 Å². The zero-order valence-corrected chi connectivity index (χ0v) is 18.8. The number of hydrogen-bond donors (Lipinski definition) is 1. The fourth-order valence-electron chi connectivity index (χ4n) is 3.72. The topological polar surface area (TPSA) is 63.6 Å². The van der Waals surface area contributed by atoms with E-state index in [4.69, 9.17) is 27.9 Å². The number of hydrogen-bond acceptors (Lipinski definition) is 4. The minimum Gasteiger partial charge on any atom is -0.504 e. The number of ketones is 1. The molecule has 160 valence electrons. The van der Waals surface area contributed by atoms with Gasteiger partial charge >= 0.3 is 5.97 Å². The van der Waals surface area contributed by atoms with E-state index in [1.807, 2.05) is 43.3 Å². The maximum Gasteiger partial charge on any atom is 0.348 e. The Hall–Kier alpha value is -3.34. The maximum atomic E-state index is 12.4. The number of Topliss-reactive ketones (excluding diaryl/α,β-unsaturated/α-hetero) is 1. The van der Waals surface area contributed by atoms with E-state index in [1.54, 1.807) is 19.1 Å². The van der Waals surface area contributed by atoms with Gasteiger partial charge in [-0.15, -0.1) is 0 Å². The van der Waals surface area contributed by atoms with Crippen LogP contribution in [0.3, 0.4) is 0 Å². The highest BCUT2D eigenvalue weighted by atomic mass is 35.5. The maximum absolute atomic E-state index is 12.4. The van der Waals surface area contributed by atoms with Crippen LogP contribution in [0.2, 0.25) is 10.0 Å². The standard InChI is InChI=1S/C26H18Cl2O4/c1-14-9-16(7-8-20(14)22-6-4-3-5-21(22)15(2)29)10-23-25(30)24(26(31)32-23)17-11-18(27)13-19(28)12-17/h3-13,30H,1-2H3. The van der Waals surface area contributed by atoms with Crippen molar-refractivity contribution in [2.24, 2.45) is 0 Å². The first-order chi connectivity index (χ1) is 15.2. The molecular formula is C26H18Cl2O4. The monoisotopic (exact) mass is 464 g/mol. The van der Waals surface area contributed by atoms with Crippen LogP contribution in [-0.4, -0.2) is 16.9 Å². The molecule has 0 spiro atoms. The van der Waals surface area contributed by atoms with E-state index >= 15 is 0 Å². The Morgan fingerprint density at radius 3 is 2.31 bits per heavy atom. The predicted octanol–water partition coefficient (Wildman–Crippen LogP) is 7.04. The summed E-state index contributed by atoms with van der Waals surface area (Å²) < 4.78 is 5.30. The van der Waals surface area contributed by atoms with Crippen molar-refractivity contribution < 1.29 is 19.4 Å². The fraction of sp³-hybridized carbons (Fsp3) is 0.0769. The molecule has 0 bridgehead atoms. The van der Waals surface area contributed by atoms with Gasteiger partial charge in [0.15, 0.2) is 17.3 Å². The van der Waals surface area contributed by atoms with Crippen LogP contribution in [0.25, 0.3) is 22.8 Å². The molecule has 1 aliphatic rings. The van der Waals surface area contributed by atoms with Gasteiger partial charge in [0.1, 0.15) is 5.57 Å². The van der Waals surface area contributed by atoms with Crippen molar-refractivity contribution in [1.29, 1.82) is 0 Å². The smallest absolute Gasteiger partial charge is 0.348 e. The van der Waals surface area contributed by atoms with Crippen molar-refractivity contribution in [1.82, 2.24) is 0 Å². The van der Waals surface area contributed by atoms with Crippen molar-refractivity contribution in [3.05, 3.63) is 104 Å². The van der Waals surface area contributed by atoms with Crippen molar-refractivity contribution in [2.75, 3.05) is 0 Å². The van der Waals surface area contributed by atoms with Gasteiger partial charge in [-0.05, 0) is 65.9 Å². The molecule has 4 rings (SSSR count). The third-order valence-electron chi connectivity index (χ3n) is 5.17. The number of ether oxygens (including phenoxy) is 1. The second-order valence-corrected chi connectivity index (χ2v) is 8.33. The van der Waals surface area contributed by atoms with Crippen molar-refractivity contribution in [3.63, 3.8) is 0 Å².